The molecular formula is C39H41Cl2F2N3O8S. The molecule has 6 rings (SSSR count). The first-order valence-electron chi connectivity index (χ1n) is 17.9. The number of benzene rings is 2. The van der Waals surface area contributed by atoms with E-state index in [0.717, 1.165) is 62.5 Å². The zero-order valence-corrected chi connectivity index (χ0v) is 32.3. The highest BCUT2D eigenvalue weighted by Crippen LogP contribution is 2.38. The van der Waals surface area contributed by atoms with E-state index in [1.54, 1.807) is 24.3 Å². The third kappa shape index (κ3) is 11.4. The van der Waals surface area contributed by atoms with Crippen LogP contribution in [-0.4, -0.2) is 61.9 Å². The standard InChI is InChI=1S/C39H41Cl2F2N3O8S/c1-45-13-11-24(12-14-45)22-52-38(49)36(26-3-2-4-27(47)15-26)44-18-28-8-10-35(55-28)37(48)53-33(17-29-30(40)19-46(50)20-31(29)41)25-7-9-32(54-39(42)43)34(16-25)51-21-23-5-6-23/h2-4,7-10,15-16,19-20,23-24,33,36,39,44,47H,5-6,11-14,17-18,21-22H2,1H3. The molecule has 1 saturated carbocycles. The zero-order valence-electron chi connectivity index (χ0n) is 29.9. The molecule has 55 heavy (non-hydrogen) atoms. The summed E-state index contributed by atoms with van der Waals surface area (Å²) in [5.41, 5.74) is 1.25. The Morgan fingerprint density at radius 2 is 1.71 bits per heavy atom. The highest BCUT2D eigenvalue weighted by molar-refractivity contribution is 7.13. The van der Waals surface area contributed by atoms with Crippen molar-refractivity contribution in [1.29, 1.82) is 0 Å². The predicted molar refractivity (Wildman–Crippen MR) is 202 cm³/mol. The number of hydrogen-bond acceptors (Lipinski definition) is 11. The van der Waals surface area contributed by atoms with Crippen LogP contribution in [0.4, 0.5) is 8.78 Å². The van der Waals surface area contributed by atoms with Crippen LogP contribution in [0.3, 0.4) is 0 Å². The number of phenolic OH excluding ortho intramolecular Hbond substituents is 1. The van der Waals surface area contributed by atoms with Crippen LogP contribution in [0, 0.1) is 17.0 Å². The smallest absolute Gasteiger partial charge is 0.387 e. The summed E-state index contributed by atoms with van der Waals surface area (Å²) in [6, 6.07) is 13.1. The summed E-state index contributed by atoms with van der Waals surface area (Å²) in [4.78, 5) is 30.3. The van der Waals surface area contributed by atoms with Crippen LogP contribution in [0.5, 0.6) is 17.2 Å². The van der Waals surface area contributed by atoms with E-state index in [2.05, 4.69) is 17.3 Å². The number of alkyl halides is 2. The Kier molecular flexibility index (Phi) is 13.7. The van der Waals surface area contributed by atoms with E-state index in [4.69, 9.17) is 42.1 Å². The maximum Gasteiger partial charge on any atom is 0.387 e. The molecule has 0 radical (unpaired) electrons. The minimum absolute atomic E-state index is 0.00575. The van der Waals surface area contributed by atoms with E-state index in [1.807, 2.05) is 0 Å². The number of ether oxygens (including phenoxy) is 4. The molecule has 2 N–H and O–H groups in total. The number of phenols is 1. The summed E-state index contributed by atoms with van der Waals surface area (Å²) in [5, 5.41) is 25.4. The Labute approximate surface area is 331 Å². The monoisotopic (exact) mass is 819 g/mol. The molecule has 294 valence electrons. The molecule has 4 aromatic rings. The quantitative estimate of drug-likeness (QED) is 0.0622. The number of nitrogens with zero attached hydrogens (tertiary/aromatic N) is 2. The fourth-order valence-corrected chi connectivity index (χ4v) is 7.63. The van der Waals surface area contributed by atoms with Gasteiger partial charge in [-0.25, -0.2) is 9.59 Å². The molecule has 0 spiro atoms. The summed E-state index contributed by atoms with van der Waals surface area (Å²) in [6.07, 6.45) is 4.93. The van der Waals surface area contributed by atoms with E-state index >= 15 is 0 Å². The molecule has 2 unspecified atom stereocenters. The van der Waals surface area contributed by atoms with E-state index in [9.17, 15) is 28.7 Å². The maximum atomic E-state index is 13.7. The van der Waals surface area contributed by atoms with Crippen LogP contribution in [0.15, 0.2) is 67.0 Å². The number of rotatable bonds is 17. The average Bonchev–Trinajstić information content (AvgIpc) is 3.86. The number of halogens is 4. The number of carbonyl (C=O) groups is 2. The molecule has 3 heterocycles. The number of nitrogens with one attached hydrogen (secondary N) is 1. The van der Waals surface area contributed by atoms with Gasteiger partial charge >= 0.3 is 18.6 Å². The van der Waals surface area contributed by atoms with Crippen LogP contribution in [0.2, 0.25) is 10.0 Å². The first-order valence-corrected chi connectivity index (χ1v) is 19.4. The second-order valence-electron chi connectivity index (χ2n) is 13.8. The molecule has 2 aliphatic rings. The fraction of sp³-hybridized carbons (Fsp3) is 0.410. The number of hydrogen-bond donors (Lipinski definition) is 2. The normalized spacial score (nSPS) is 16.1. The van der Waals surface area contributed by atoms with Crippen LogP contribution in [-0.2, 0) is 27.2 Å². The van der Waals surface area contributed by atoms with Crippen molar-refractivity contribution in [2.75, 3.05) is 33.4 Å². The molecule has 2 fully saturated rings. The Morgan fingerprint density at radius 3 is 2.40 bits per heavy atom. The molecule has 1 saturated heterocycles. The molecule has 0 amide bonds. The largest absolute Gasteiger partial charge is 0.619 e. The lowest BCUT2D eigenvalue weighted by atomic mass is 9.98. The van der Waals surface area contributed by atoms with Crippen molar-refractivity contribution < 1.29 is 47.2 Å². The van der Waals surface area contributed by atoms with Gasteiger partial charge in [-0.1, -0.05) is 41.4 Å². The van der Waals surface area contributed by atoms with Crippen LogP contribution in [0.25, 0.3) is 0 Å². The van der Waals surface area contributed by atoms with E-state index < -0.39 is 30.7 Å². The molecule has 1 aliphatic carbocycles. The van der Waals surface area contributed by atoms with Crippen molar-refractivity contribution >= 4 is 46.5 Å². The second kappa shape index (κ2) is 18.6. The molecule has 2 aromatic carbocycles. The van der Waals surface area contributed by atoms with E-state index in [1.165, 1.54) is 30.3 Å². The van der Waals surface area contributed by atoms with E-state index in [0.29, 0.717) is 45.4 Å². The van der Waals surface area contributed by atoms with Crippen molar-refractivity contribution in [1.82, 2.24) is 10.2 Å². The van der Waals surface area contributed by atoms with Crippen LogP contribution in [0.1, 0.15) is 69.1 Å². The number of aromatic nitrogens is 1. The number of thiophene rings is 1. The number of aromatic hydroxyl groups is 1. The molecule has 16 heteroatoms. The Bertz CT molecular complexity index is 1930. The third-order valence-electron chi connectivity index (χ3n) is 9.51. The first kappa shape index (κ1) is 40.5. The van der Waals surface area contributed by atoms with Crippen LogP contribution >= 0.6 is 34.5 Å². The van der Waals surface area contributed by atoms with Gasteiger partial charge in [0.1, 0.15) is 32.8 Å². The van der Waals surface area contributed by atoms with E-state index in [-0.39, 0.29) is 51.1 Å². The molecule has 0 bridgehead atoms. The molecule has 1 aliphatic heterocycles. The highest BCUT2D eigenvalue weighted by atomic mass is 35.5. The number of esters is 2. The van der Waals surface area contributed by atoms with Crippen molar-refractivity contribution in [3.63, 3.8) is 0 Å². The van der Waals surface area contributed by atoms with Gasteiger partial charge in [0.05, 0.1) is 13.2 Å². The third-order valence-corrected chi connectivity index (χ3v) is 11.2. The van der Waals surface area contributed by atoms with Gasteiger partial charge in [0, 0.05) is 23.4 Å². The molecule has 11 nitrogen and oxygen atoms in total. The Balaban J connectivity index is 1.19. The van der Waals surface area contributed by atoms with Crippen molar-refractivity contribution in [3.8, 4) is 17.2 Å². The number of likely N-dealkylation sites (tertiary alicyclic amines) is 1. The molecule has 2 aromatic heterocycles. The highest BCUT2D eigenvalue weighted by Gasteiger charge is 2.29. The van der Waals surface area contributed by atoms with Gasteiger partial charge in [0.15, 0.2) is 23.9 Å². The number of pyridine rings is 1. The van der Waals surface area contributed by atoms with Gasteiger partial charge in [0.2, 0.25) is 0 Å². The zero-order chi connectivity index (χ0) is 39.1. The molecule has 2 atom stereocenters. The van der Waals surface area contributed by atoms with Gasteiger partial charge in [-0.15, -0.1) is 11.3 Å². The maximum absolute atomic E-state index is 13.7. The summed E-state index contributed by atoms with van der Waals surface area (Å²) < 4.78 is 49.3. The van der Waals surface area contributed by atoms with Gasteiger partial charge in [-0.3, -0.25) is 5.32 Å². The van der Waals surface area contributed by atoms with Gasteiger partial charge in [-0.05, 0) is 105 Å². The van der Waals surface area contributed by atoms with Gasteiger partial charge in [0.25, 0.3) is 0 Å². The topological polar surface area (TPSA) is 134 Å². The minimum atomic E-state index is -3.09. The first-order chi connectivity index (χ1) is 26.4. The Hall–Kier alpha value is -4.21. The van der Waals surface area contributed by atoms with Crippen molar-refractivity contribution in [2.24, 2.45) is 11.8 Å². The Morgan fingerprint density at radius 1 is 0.982 bits per heavy atom. The predicted octanol–water partition coefficient (Wildman–Crippen LogP) is 7.64. The number of carbonyl (C=O) groups excluding carboxylic acids is 2. The summed E-state index contributed by atoms with van der Waals surface area (Å²) in [5.74, 6) is -0.700. The summed E-state index contributed by atoms with van der Waals surface area (Å²) in [7, 11) is 2.07. The summed E-state index contributed by atoms with van der Waals surface area (Å²) >= 11 is 13.9. The lowest BCUT2D eigenvalue weighted by Crippen LogP contribution is -2.34. The SMILES string of the molecule is CN1CCC(COC(=O)C(NCc2ccc(C(=O)OC(Cc3c(Cl)c[n+]([O-])cc3Cl)c3ccc(OC(F)F)c(OCC4CC4)c3)s2)c2cccc(O)c2)CC1. The minimum Gasteiger partial charge on any atom is -0.619 e. The van der Waals surface area contributed by atoms with Crippen molar-refractivity contribution in [3.05, 3.63) is 109 Å². The fourth-order valence-electron chi connectivity index (χ4n) is 6.19. The van der Waals surface area contributed by atoms with Crippen LogP contribution < -0.4 is 19.5 Å². The van der Waals surface area contributed by atoms with Crippen molar-refractivity contribution in [2.45, 2.75) is 57.4 Å². The van der Waals surface area contributed by atoms with Gasteiger partial charge < -0.3 is 34.2 Å². The van der Waals surface area contributed by atoms with Gasteiger partial charge in [-0.2, -0.15) is 13.5 Å². The average molecular weight is 821 g/mol. The summed E-state index contributed by atoms with van der Waals surface area (Å²) in [6.45, 7) is -0.422. The number of piperidine rings is 1. The lowest BCUT2D eigenvalue weighted by molar-refractivity contribution is -0.605. The lowest BCUT2D eigenvalue weighted by Gasteiger charge is -2.29. The molecular weight excluding hydrogens is 779 g/mol. The second-order valence-corrected chi connectivity index (χ2v) is 15.8.